The van der Waals surface area contributed by atoms with E-state index in [-0.39, 0.29) is 12.5 Å². The van der Waals surface area contributed by atoms with Crippen LogP contribution in [0.15, 0.2) is 53.0 Å². The summed E-state index contributed by atoms with van der Waals surface area (Å²) in [5, 5.41) is 3.81. The van der Waals surface area contributed by atoms with Gasteiger partial charge in [-0.25, -0.2) is 0 Å². The molecule has 0 saturated carbocycles. The molecule has 0 atom stereocenters. The van der Waals surface area contributed by atoms with Gasteiger partial charge in [0.15, 0.2) is 0 Å². The molecule has 3 nitrogen and oxygen atoms in total. The average molecular weight is 368 g/mol. The molecular weight excluding hydrogens is 352 g/mol. The topological polar surface area (TPSA) is 32.3 Å². The van der Waals surface area contributed by atoms with Gasteiger partial charge in [0, 0.05) is 28.8 Å². The number of rotatable bonds is 5. The van der Waals surface area contributed by atoms with Crippen LogP contribution in [-0.4, -0.2) is 24.4 Å². The number of likely N-dealkylation sites (N-methyl/N-ethyl adjacent to an activating group) is 1. The molecule has 2 aromatic carbocycles. The van der Waals surface area contributed by atoms with E-state index in [1.807, 2.05) is 48.5 Å². The lowest BCUT2D eigenvalue weighted by atomic mass is 10.2. The highest BCUT2D eigenvalue weighted by Crippen LogP contribution is 2.14. The minimum Gasteiger partial charge on any atom is -0.376 e. The molecule has 5 heteroatoms. The number of benzene rings is 2. The molecule has 2 aromatic rings. The number of hydrogen-bond acceptors (Lipinski definition) is 2. The van der Waals surface area contributed by atoms with E-state index < -0.39 is 0 Å². The zero-order valence-corrected chi connectivity index (χ0v) is 14.0. The van der Waals surface area contributed by atoms with Crippen molar-refractivity contribution in [3.8, 4) is 0 Å². The fraction of sp³-hybridized carbons (Fsp3) is 0.188. The van der Waals surface area contributed by atoms with Crippen molar-refractivity contribution in [3.05, 3.63) is 63.6 Å². The van der Waals surface area contributed by atoms with Crippen molar-refractivity contribution in [2.24, 2.45) is 0 Å². The van der Waals surface area contributed by atoms with E-state index in [1.165, 1.54) is 0 Å². The maximum Gasteiger partial charge on any atom is 0.241 e. The normalized spacial score (nSPS) is 10.2. The number of nitrogens with one attached hydrogen (secondary N) is 1. The van der Waals surface area contributed by atoms with Gasteiger partial charge in [-0.3, -0.25) is 4.79 Å². The first-order valence-corrected chi connectivity index (χ1v) is 7.69. The Morgan fingerprint density at radius 3 is 2.38 bits per heavy atom. The van der Waals surface area contributed by atoms with Crippen molar-refractivity contribution >= 4 is 39.1 Å². The highest BCUT2D eigenvalue weighted by Gasteiger charge is 2.09. The summed E-state index contributed by atoms with van der Waals surface area (Å²) < 4.78 is 1.01. The Bertz CT molecular complexity index is 599. The first kappa shape index (κ1) is 15.9. The molecule has 0 radical (unpaired) electrons. The average Bonchev–Trinajstić information content (AvgIpc) is 2.48. The van der Waals surface area contributed by atoms with Crippen LogP contribution in [-0.2, 0) is 11.3 Å². The van der Waals surface area contributed by atoms with Gasteiger partial charge in [-0.15, -0.1) is 0 Å². The van der Waals surface area contributed by atoms with Crippen LogP contribution < -0.4 is 5.32 Å². The Morgan fingerprint density at radius 2 is 1.76 bits per heavy atom. The number of carbonyl (C=O) groups is 1. The van der Waals surface area contributed by atoms with E-state index in [4.69, 9.17) is 11.6 Å². The predicted molar refractivity (Wildman–Crippen MR) is 90.6 cm³/mol. The highest BCUT2D eigenvalue weighted by molar-refractivity contribution is 9.10. The zero-order chi connectivity index (χ0) is 15.2. The summed E-state index contributed by atoms with van der Waals surface area (Å²) in [5.41, 5.74) is 1.98. The quantitative estimate of drug-likeness (QED) is 0.860. The van der Waals surface area contributed by atoms with Crippen LogP contribution in [0.25, 0.3) is 0 Å². The molecule has 0 unspecified atom stereocenters. The molecule has 0 aromatic heterocycles. The molecule has 110 valence electrons. The standard InChI is InChI=1S/C16H16BrClN2O/c1-20(11-12-2-6-14(18)7-3-12)16(21)10-19-15-8-4-13(17)5-9-15/h2-9,19H,10-11H2,1H3. The van der Waals surface area contributed by atoms with Gasteiger partial charge in [0.25, 0.3) is 0 Å². The van der Waals surface area contributed by atoms with E-state index in [2.05, 4.69) is 21.2 Å². The predicted octanol–water partition coefficient (Wildman–Crippen LogP) is 4.17. The second kappa shape index (κ2) is 7.48. The van der Waals surface area contributed by atoms with Crippen LogP contribution in [0, 0.1) is 0 Å². The van der Waals surface area contributed by atoms with E-state index in [1.54, 1.807) is 11.9 Å². The van der Waals surface area contributed by atoms with Crippen molar-refractivity contribution < 1.29 is 4.79 Å². The van der Waals surface area contributed by atoms with Crippen LogP contribution in [0.2, 0.25) is 5.02 Å². The van der Waals surface area contributed by atoms with E-state index in [0.29, 0.717) is 11.6 Å². The third-order valence-corrected chi connectivity index (χ3v) is 3.83. The first-order chi connectivity index (χ1) is 10.0. The lowest BCUT2D eigenvalue weighted by Crippen LogP contribution is -2.31. The van der Waals surface area contributed by atoms with Crippen LogP contribution in [0.3, 0.4) is 0 Å². The Hall–Kier alpha value is -1.52. The van der Waals surface area contributed by atoms with Crippen LogP contribution in [0.4, 0.5) is 5.69 Å². The lowest BCUT2D eigenvalue weighted by molar-refractivity contribution is -0.128. The molecule has 0 aliphatic carbocycles. The Balaban J connectivity index is 1.84. The summed E-state index contributed by atoms with van der Waals surface area (Å²) in [7, 11) is 1.79. The highest BCUT2D eigenvalue weighted by atomic mass is 79.9. The Morgan fingerprint density at radius 1 is 1.14 bits per heavy atom. The Labute approximate surface area is 138 Å². The molecular formula is C16H16BrClN2O. The summed E-state index contributed by atoms with van der Waals surface area (Å²) in [6.07, 6.45) is 0. The smallest absolute Gasteiger partial charge is 0.241 e. The van der Waals surface area contributed by atoms with E-state index >= 15 is 0 Å². The van der Waals surface area contributed by atoms with Crippen LogP contribution in [0.5, 0.6) is 0 Å². The van der Waals surface area contributed by atoms with Crippen molar-refractivity contribution in [3.63, 3.8) is 0 Å². The van der Waals surface area contributed by atoms with Gasteiger partial charge in [-0.05, 0) is 42.0 Å². The fourth-order valence-corrected chi connectivity index (χ4v) is 2.22. The largest absolute Gasteiger partial charge is 0.376 e. The molecule has 0 spiro atoms. The van der Waals surface area contributed by atoms with Gasteiger partial charge in [-0.1, -0.05) is 39.7 Å². The number of amides is 1. The SMILES string of the molecule is CN(Cc1ccc(Cl)cc1)C(=O)CNc1ccc(Br)cc1. The molecule has 0 aliphatic rings. The fourth-order valence-electron chi connectivity index (χ4n) is 1.83. The van der Waals surface area contributed by atoms with Gasteiger partial charge in [-0.2, -0.15) is 0 Å². The number of halogens is 2. The zero-order valence-electron chi connectivity index (χ0n) is 11.6. The number of carbonyl (C=O) groups excluding carboxylic acids is 1. The Kier molecular flexibility index (Phi) is 5.65. The van der Waals surface area contributed by atoms with Crippen molar-refractivity contribution in [2.75, 3.05) is 18.9 Å². The minimum atomic E-state index is 0.0351. The maximum absolute atomic E-state index is 12.1. The van der Waals surface area contributed by atoms with Gasteiger partial charge in [0.2, 0.25) is 5.91 Å². The van der Waals surface area contributed by atoms with E-state index in [0.717, 1.165) is 15.7 Å². The van der Waals surface area contributed by atoms with Gasteiger partial charge in [0.05, 0.1) is 6.54 Å². The third-order valence-electron chi connectivity index (χ3n) is 3.05. The molecule has 21 heavy (non-hydrogen) atoms. The molecule has 0 aliphatic heterocycles. The van der Waals surface area contributed by atoms with Crippen molar-refractivity contribution in [2.45, 2.75) is 6.54 Å². The molecule has 1 N–H and O–H groups in total. The second-order valence-electron chi connectivity index (χ2n) is 4.74. The molecule has 0 bridgehead atoms. The molecule has 0 fully saturated rings. The number of anilines is 1. The van der Waals surface area contributed by atoms with Crippen molar-refractivity contribution in [1.29, 1.82) is 0 Å². The minimum absolute atomic E-state index is 0.0351. The molecule has 0 heterocycles. The van der Waals surface area contributed by atoms with Crippen molar-refractivity contribution in [1.82, 2.24) is 4.90 Å². The number of nitrogens with zero attached hydrogens (tertiary/aromatic N) is 1. The van der Waals surface area contributed by atoms with Crippen LogP contribution >= 0.6 is 27.5 Å². The second-order valence-corrected chi connectivity index (χ2v) is 6.09. The number of hydrogen-bond donors (Lipinski definition) is 1. The summed E-state index contributed by atoms with van der Waals surface area (Å²) in [5.74, 6) is 0.0351. The first-order valence-electron chi connectivity index (χ1n) is 6.52. The molecule has 1 amide bonds. The monoisotopic (exact) mass is 366 g/mol. The molecule has 2 rings (SSSR count). The summed E-state index contributed by atoms with van der Waals surface area (Å²) in [4.78, 5) is 13.8. The van der Waals surface area contributed by atoms with Gasteiger partial charge >= 0.3 is 0 Å². The van der Waals surface area contributed by atoms with Gasteiger partial charge < -0.3 is 10.2 Å². The molecule has 0 saturated heterocycles. The third kappa shape index (κ3) is 5.06. The van der Waals surface area contributed by atoms with Gasteiger partial charge in [0.1, 0.15) is 0 Å². The van der Waals surface area contributed by atoms with E-state index in [9.17, 15) is 4.79 Å². The summed E-state index contributed by atoms with van der Waals surface area (Å²) in [6.45, 7) is 0.837. The summed E-state index contributed by atoms with van der Waals surface area (Å²) >= 11 is 9.22. The van der Waals surface area contributed by atoms with Crippen LogP contribution in [0.1, 0.15) is 5.56 Å². The maximum atomic E-state index is 12.1. The summed E-state index contributed by atoms with van der Waals surface area (Å²) in [6, 6.07) is 15.2. The lowest BCUT2D eigenvalue weighted by Gasteiger charge is -2.18.